The summed E-state index contributed by atoms with van der Waals surface area (Å²) >= 11 is 0. The molecule has 1 aliphatic heterocycles. The van der Waals surface area contributed by atoms with Gasteiger partial charge in [0.25, 0.3) is 0 Å². The molecule has 1 aliphatic rings. The van der Waals surface area contributed by atoms with Crippen molar-refractivity contribution in [2.75, 3.05) is 29.0 Å². The Kier molecular flexibility index (Phi) is 3.85. The van der Waals surface area contributed by atoms with E-state index in [2.05, 4.69) is 16.2 Å². The van der Waals surface area contributed by atoms with E-state index in [0.717, 1.165) is 42.8 Å². The standard InChI is InChI=1S/C14H20N2O2S/c1-11(2)10-16-9-5-6-12-13(15-19(3,17)18)7-4-8-14(12)16/h4,7-8,15H,1,5-6,9-10H2,2-3H3. The maximum atomic E-state index is 11.4. The number of nitrogens with one attached hydrogen (secondary N) is 1. The van der Waals surface area contributed by atoms with Gasteiger partial charge in [-0.2, -0.15) is 0 Å². The van der Waals surface area contributed by atoms with E-state index in [4.69, 9.17) is 0 Å². The number of hydrogen-bond acceptors (Lipinski definition) is 3. The molecular formula is C14H20N2O2S. The monoisotopic (exact) mass is 280 g/mol. The summed E-state index contributed by atoms with van der Waals surface area (Å²) in [6, 6.07) is 5.76. The number of hydrogen-bond donors (Lipinski definition) is 1. The lowest BCUT2D eigenvalue weighted by atomic mass is 9.99. The van der Waals surface area contributed by atoms with Crippen LogP contribution in [-0.4, -0.2) is 27.8 Å². The van der Waals surface area contributed by atoms with Gasteiger partial charge in [-0.15, -0.1) is 0 Å². The second-order valence-electron chi connectivity index (χ2n) is 5.16. The maximum Gasteiger partial charge on any atom is 0.229 e. The molecule has 0 aliphatic carbocycles. The Morgan fingerprint density at radius 3 is 2.84 bits per heavy atom. The predicted molar refractivity (Wildman–Crippen MR) is 80.3 cm³/mol. The summed E-state index contributed by atoms with van der Waals surface area (Å²) in [5.74, 6) is 0. The molecule has 0 fully saturated rings. The predicted octanol–water partition coefficient (Wildman–Crippen LogP) is 2.39. The molecule has 104 valence electrons. The maximum absolute atomic E-state index is 11.4. The second-order valence-corrected chi connectivity index (χ2v) is 6.91. The minimum atomic E-state index is -3.24. The smallest absolute Gasteiger partial charge is 0.229 e. The molecule has 0 aromatic heterocycles. The van der Waals surface area contributed by atoms with Gasteiger partial charge in [-0.05, 0) is 37.5 Å². The van der Waals surface area contributed by atoms with Crippen molar-refractivity contribution in [3.8, 4) is 0 Å². The van der Waals surface area contributed by atoms with Gasteiger partial charge in [0.05, 0.1) is 11.9 Å². The van der Waals surface area contributed by atoms with Gasteiger partial charge in [-0.1, -0.05) is 18.2 Å². The molecule has 0 radical (unpaired) electrons. The molecule has 1 heterocycles. The molecule has 1 aromatic rings. The molecule has 0 unspecified atom stereocenters. The lowest BCUT2D eigenvalue weighted by Gasteiger charge is -2.32. The van der Waals surface area contributed by atoms with Crippen LogP contribution in [0.25, 0.3) is 0 Å². The van der Waals surface area contributed by atoms with Gasteiger partial charge in [-0.25, -0.2) is 8.42 Å². The SMILES string of the molecule is C=C(C)CN1CCCc2c(NS(C)(=O)=O)cccc21. The molecule has 0 spiro atoms. The summed E-state index contributed by atoms with van der Waals surface area (Å²) in [6.45, 7) is 7.76. The van der Waals surface area contributed by atoms with E-state index >= 15 is 0 Å². The lowest BCUT2D eigenvalue weighted by Crippen LogP contribution is -2.31. The van der Waals surface area contributed by atoms with Gasteiger partial charge in [0.15, 0.2) is 0 Å². The fraction of sp³-hybridized carbons (Fsp3) is 0.429. The first-order chi connectivity index (χ1) is 8.87. The lowest BCUT2D eigenvalue weighted by molar-refractivity contribution is 0.606. The zero-order valence-electron chi connectivity index (χ0n) is 11.4. The van der Waals surface area contributed by atoms with Gasteiger partial charge >= 0.3 is 0 Å². The van der Waals surface area contributed by atoms with E-state index in [1.54, 1.807) is 0 Å². The Labute approximate surface area is 115 Å². The first kappa shape index (κ1) is 13.9. The normalized spacial score (nSPS) is 14.9. The number of benzene rings is 1. The molecule has 1 N–H and O–H groups in total. The zero-order chi connectivity index (χ0) is 14.0. The van der Waals surface area contributed by atoms with Crippen molar-refractivity contribution < 1.29 is 8.42 Å². The molecule has 0 atom stereocenters. The molecule has 4 nitrogen and oxygen atoms in total. The Balaban J connectivity index is 2.38. The van der Waals surface area contributed by atoms with E-state index in [1.165, 1.54) is 6.26 Å². The molecule has 0 saturated carbocycles. The minimum absolute atomic E-state index is 0.700. The van der Waals surface area contributed by atoms with Crippen molar-refractivity contribution in [1.29, 1.82) is 0 Å². The summed E-state index contributed by atoms with van der Waals surface area (Å²) in [4.78, 5) is 2.26. The van der Waals surface area contributed by atoms with Crippen LogP contribution in [0.1, 0.15) is 18.9 Å². The average Bonchev–Trinajstić information content (AvgIpc) is 2.27. The second kappa shape index (κ2) is 5.25. The highest BCUT2D eigenvalue weighted by molar-refractivity contribution is 7.92. The number of rotatable bonds is 4. The number of anilines is 2. The number of fused-ring (bicyclic) bond motifs is 1. The van der Waals surface area contributed by atoms with Crippen LogP contribution in [-0.2, 0) is 16.4 Å². The molecule has 19 heavy (non-hydrogen) atoms. The summed E-state index contributed by atoms with van der Waals surface area (Å²) in [6.07, 6.45) is 3.12. The highest BCUT2D eigenvalue weighted by Crippen LogP contribution is 2.33. The van der Waals surface area contributed by atoms with E-state index in [0.29, 0.717) is 5.69 Å². The molecular weight excluding hydrogens is 260 g/mol. The van der Waals surface area contributed by atoms with E-state index in [-0.39, 0.29) is 0 Å². The molecule has 0 saturated heterocycles. The van der Waals surface area contributed by atoms with E-state index in [9.17, 15) is 8.42 Å². The van der Waals surface area contributed by atoms with Crippen LogP contribution >= 0.6 is 0 Å². The van der Waals surface area contributed by atoms with Crippen LogP contribution in [0.5, 0.6) is 0 Å². The zero-order valence-corrected chi connectivity index (χ0v) is 12.3. The Morgan fingerprint density at radius 1 is 1.47 bits per heavy atom. The topological polar surface area (TPSA) is 49.4 Å². The van der Waals surface area contributed by atoms with Gasteiger partial charge in [0.2, 0.25) is 10.0 Å². The highest BCUT2D eigenvalue weighted by atomic mass is 32.2. The molecule has 0 amide bonds. The average molecular weight is 280 g/mol. The van der Waals surface area contributed by atoms with Crippen LogP contribution in [0.4, 0.5) is 11.4 Å². The Hall–Kier alpha value is -1.49. The Morgan fingerprint density at radius 2 is 2.21 bits per heavy atom. The third-order valence-electron chi connectivity index (χ3n) is 3.10. The van der Waals surface area contributed by atoms with Crippen molar-refractivity contribution in [2.24, 2.45) is 0 Å². The third-order valence-corrected chi connectivity index (χ3v) is 3.69. The Bertz CT molecular complexity index is 593. The number of nitrogens with zero attached hydrogens (tertiary/aromatic N) is 1. The third kappa shape index (κ3) is 3.50. The molecule has 2 rings (SSSR count). The van der Waals surface area contributed by atoms with Crippen LogP contribution in [0.15, 0.2) is 30.4 Å². The van der Waals surface area contributed by atoms with Crippen LogP contribution in [0, 0.1) is 0 Å². The summed E-state index contributed by atoms with van der Waals surface area (Å²) in [5, 5.41) is 0. The van der Waals surface area contributed by atoms with E-state index in [1.807, 2.05) is 25.1 Å². The fourth-order valence-electron chi connectivity index (χ4n) is 2.49. The van der Waals surface area contributed by atoms with Crippen molar-refractivity contribution in [3.63, 3.8) is 0 Å². The van der Waals surface area contributed by atoms with Crippen LogP contribution < -0.4 is 9.62 Å². The van der Waals surface area contributed by atoms with Crippen molar-refractivity contribution >= 4 is 21.4 Å². The first-order valence-corrected chi connectivity index (χ1v) is 8.25. The summed E-state index contributed by atoms with van der Waals surface area (Å²) < 4.78 is 25.4. The highest BCUT2D eigenvalue weighted by Gasteiger charge is 2.20. The number of sulfonamides is 1. The van der Waals surface area contributed by atoms with Gasteiger partial charge in [-0.3, -0.25) is 4.72 Å². The van der Waals surface area contributed by atoms with Crippen LogP contribution in [0.3, 0.4) is 0 Å². The molecule has 1 aromatic carbocycles. The van der Waals surface area contributed by atoms with Crippen molar-refractivity contribution in [1.82, 2.24) is 0 Å². The summed E-state index contributed by atoms with van der Waals surface area (Å²) in [5.41, 5.74) is 4.00. The first-order valence-electron chi connectivity index (χ1n) is 6.36. The summed E-state index contributed by atoms with van der Waals surface area (Å²) in [7, 11) is -3.24. The van der Waals surface area contributed by atoms with Gasteiger partial charge in [0.1, 0.15) is 0 Å². The van der Waals surface area contributed by atoms with Gasteiger partial charge < -0.3 is 4.90 Å². The van der Waals surface area contributed by atoms with Crippen LogP contribution in [0.2, 0.25) is 0 Å². The van der Waals surface area contributed by atoms with Gasteiger partial charge in [0, 0.05) is 18.8 Å². The quantitative estimate of drug-likeness (QED) is 0.862. The van der Waals surface area contributed by atoms with E-state index < -0.39 is 10.0 Å². The van der Waals surface area contributed by atoms with Crippen molar-refractivity contribution in [2.45, 2.75) is 19.8 Å². The fourth-order valence-corrected chi connectivity index (χ4v) is 3.08. The largest absolute Gasteiger partial charge is 0.367 e. The minimum Gasteiger partial charge on any atom is -0.367 e. The van der Waals surface area contributed by atoms with Crippen molar-refractivity contribution in [3.05, 3.63) is 35.9 Å². The molecule has 5 heteroatoms. The molecule has 0 bridgehead atoms.